The van der Waals surface area contributed by atoms with Crippen LogP contribution in [0.15, 0.2) is 41.0 Å². The number of amides is 1. The van der Waals surface area contributed by atoms with Crippen molar-refractivity contribution in [1.29, 1.82) is 0 Å². The van der Waals surface area contributed by atoms with Crippen molar-refractivity contribution in [3.8, 4) is 0 Å². The van der Waals surface area contributed by atoms with E-state index in [1.807, 2.05) is 61.9 Å². The van der Waals surface area contributed by atoms with Crippen molar-refractivity contribution in [3.63, 3.8) is 0 Å². The van der Waals surface area contributed by atoms with Crippen LogP contribution in [-0.2, 0) is 11.3 Å². The smallest absolute Gasteiger partial charge is 0.411 e. The quantitative estimate of drug-likeness (QED) is 0.754. The number of carbonyl (C=O) groups excluding carboxylic acids is 1. The fourth-order valence-electron chi connectivity index (χ4n) is 2.79. The van der Waals surface area contributed by atoms with Crippen molar-refractivity contribution in [1.82, 2.24) is 14.7 Å². The zero-order valence-corrected chi connectivity index (χ0v) is 15.1. The molecule has 0 radical (unpaired) electrons. The fourth-order valence-corrected chi connectivity index (χ4v) is 3.22. The van der Waals surface area contributed by atoms with Crippen molar-refractivity contribution >= 4 is 22.0 Å². The maximum atomic E-state index is 12.7. The van der Waals surface area contributed by atoms with Gasteiger partial charge in [0, 0.05) is 6.54 Å². The Morgan fingerprint density at radius 2 is 1.96 bits per heavy atom. The largest absolute Gasteiger partial charge is 0.444 e. The first-order valence-corrected chi connectivity index (χ1v) is 8.42. The number of nitrogens with zero attached hydrogens (tertiary/aromatic N) is 3. The molecule has 2 heterocycles. The summed E-state index contributed by atoms with van der Waals surface area (Å²) in [6.45, 7) is 6.87. The molecule has 0 fully saturated rings. The molecule has 1 atom stereocenters. The molecule has 2 aromatic rings. The summed E-state index contributed by atoms with van der Waals surface area (Å²) in [7, 11) is 0. The highest BCUT2D eigenvalue weighted by Crippen LogP contribution is 2.34. The molecule has 6 heteroatoms. The minimum atomic E-state index is -0.517. The summed E-state index contributed by atoms with van der Waals surface area (Å²) in [6, 6.07) is 11.8. The van der Waals surface area contributed by atoms with Gasteiger partial charge in [-0.1, -0.05) is 30.3 Å². The highest BCUT2D eigenvalue weighted by atomic mass is 79.9. The molecule has 3 rings (SSSR count). The molecule has 0 saturated carbocycles. The minimum absolute atomic E-state index is 0.196. The zero-order chi connectivity index (χ0) is 16.6. The Hall–Kier alpha value is -1.82. The van der Waals surface area contributed by atoms with Crippen LogP contribution in [0.4, 0.5) is 4.79 Å². The molecule has 23 heavy (non-hydrogen) atoms. The predicted octanol–water partition coefficient (Wildman–Crippen LogP) is 3.99. The highest BCUT2D eigenvalue weighted by Gasteiger charge is 2.35. The van der Waals surface area contributed by atoms with Gasteiger partial charge in [0.15, 0.2) is 0 Å². The molecule has 1 aliphatic rings. The molecule has 0 saturated heterocycles. The molecule has 0 bridgehead atoms. The van der Waals surface area contributed by atoms with Crippen LogP contribution >= 0.6 is 15.9 Å². The van der Waals surface area contributed by atoms with E-state index in [0.29, 0.717) is 13.1 Å². The maximum Gasteiger partial charge on any atom is 0.411 e. The summed E-state index contributed by atoms with van der Waals surface area (Å²) >= 11 is 3.43. The van der Waals surface area contributed by atoms with Crippen molar-refractivity contribution in [2.75, 3.05) is 6.54 Å². The van der Waals surface area contributed by atoms with E-state index in [4.69, 9.17) is 4.74 Å². The van der Waals surface area contributed by atoms with Crippen molar-refractivity contribution in [2.24, 2.45) is 0 Å². The average molecular weight is 378 g/mol. The standard InChI is InChI=1S/C17H20BrN3O2/c1-17(2,3)23-16(22)20-9-10-21-13(11-14(18)19-21)15(20)12-7-5-4-6-8-12/h4-8,11,15H,9-10H2,1-3H3. The third-order valence-electron chi connectivity index (χ3n) is 3.67. The predicted molar refractivity (Wildman–Crippen MR) is 91.2 cm³/mol. The van der Waals surface area contributed by atoms with E-state index in [2.05, 4.69) is 21.0 Å². The second-order valence-electron chi connectivity index (χ2n) is 6.60. The monoisotopic (exact) mass is 377 g/mol. The number of benzene rings is 1. The number of halogens is 1. The lowest BCUT2D eigenvalue weighted by atomic mass is 10.0. The summed E-state index contributed by atoms with van der Waals surface area (Å²) in [5.74, 6) is 0. The molecule has 1 amide bonds. The Bertz CT molecular complexity index is 706. The van der Waals surface area contributed by atoms with E-state index in [1.165, 1.54) is 0 Å². The first kappa shape index (κ1) is 16.1. The van der Waals surface area contributed by atoms with E-state index < -0.39 is 5.60 Å². The van der Waals surface area contributed by atoms with Crippen molar-refractivity contribution in [2.45, 2.75) is 39.0 Å². The van der Waals surface area contributed by atoms with Crippen LogP contribution in [0.25, 0.3) is 0 Å². The molecule has 0 spiro atoms. The topological polar surface area (TPSA) is 47.4 Å². The van der Waals surface area contributed by atoms with E-state index in [1.54, 1.807) is 4.90 Å². The van der Waals surface area contributed by atoms with E-state index in [9.17, 15) is 4.79 Å². The first-order chi connectivity index (χ1) is 10.8. The van der Waals surface area contributed by atoms with Crippen molar-refractivity contribution in [3.05, 3.63) is 52.3 Å². The average Bonchev–Trinajstić information content (AvgIpc) is 2.85. The summed E-state index contributed by atoms with van der Waals surface area (Å²) in [5.41, 5.74) is 1.52. The Balaban J connectivity index is 2.01. The van der Waals surface area contributed by atoms with Gasteiger partial charge in [0.25, 0.3) is 0 Å². The van der Waals surface area contributed by atoms with Gasteiger partial charge in [-0.05, 0) is 48.3 Å². The zero-order valence-electron chi connectivity index (χ0n) is 13.5. The molecule has 1 unspecified atom stereocenters. The third-order valence-corrected chi connectivity index (χ3v) is 4.06. The van der Waals surface area contributed by atoms with Crippen molar-refractivity contribution < 1.29 is 9.53 Å². The lowest BCUT2D eigenvalue weighted by Gasteiger charge is -2.37. The molecule has 1 aromatic heterocycles. The maximum absolute atomic E-state index is 12.7. The lowest BCUT2D eigenvalue weighted by Crippen LogP contribution is -2.45. The van der Waals surface area contributed by atoms with Crippen LogP contribution in [-0.4, -0.2) is 32.9 Å². The molecule has 1 aliphatic heterocycles. The van der Waals surface area contributed by atoms with E-state index >= 15 is 0 Å². The number of fused-ring (bicyclic) bond motifs is 1. The summed E-state index contributed by atoms with van der Waals surface area (Å²) < 4.78 is 8.32. The molecule has 5 nitrogen and oxygen atoms in total. The van der Waals surface area contributed by atoms with Gasteiger partial charge >= 0.3 is 6.09 Å². The number of ether oxygens (including phenoxy) is 1. The second kappa shape index (κ2) is 6.00. The van der Waals surface area contributed by atoms with Gasteiger partial charge < -0.3 is 4.74 Å². The number of carbonyl (C=O) groups is 1. The molecule has 1 aromatic carbocycles. The van der Waals surface area contributed by atoms with Crippen LogP contribution in [0.3, 0.4) is 0 Å². The van der Waals surface area contributed by atoms with Crippen LogP contribution in [0.5, 0.6) is 0 Å². The lowest BCUT2D eigenvalue weighted by molar-refractivity contribution is 0.0142. The molecular formula is C17H20BrN3O2. The van der Waals surface area contributed by atoms with Gasteiger partial charge in [-0.2, -0.15) is 5.10 Å². The van der Waals surface area contributed by atoms with Crippen LogP contribution in [0.1, 0.15) is 38.1 Å². The summed E-state index contributed by atoms with van der Waals surface area (Å²) in [6.07, 6.45) is -0.296. The normalized spacial score (nSPS) is 17.7. The van der Waals surface area contributed by atoms with Gasteiger partial charge in [-0.25, -0.2) is 4.79 Å². The molecule has 0 aliphatic carbocycles. The number of rotatable bonds is 1. The molecule has 122 valence electrons. The number of hydrogen-bond donors (Lipinski definition) is 0. The van der Waals surface area contributed by atoms with E-state index in [0.717, 1.165) is 15.9 Å². The van der Waals surface area contributed by atoms with Gasteiger partial charge in [0.1, 0.15) is 16.2 Å². The Labute approximate surface area is 144 Å². The Morgan fingerprint density at radius 3 is 2.61 bits per heavy atom. The summed E-state index contributed by atoms with van der Waals surface area (Å²) in [4.78, 5) is 14.5. The van der Waals surface area contributed by atoms with Crippen LogP contribution in [0.2, 0.25) is 0 Å². The molecule has 0 N–H and O–H groups in total. The van der Waals surface area contributed by atoms with Gasteiger partial charge in [0.05, 0.1) is 12.2 Å². The Kier molecular flexibility index (Phi) is 4.19. The first-order valence-electron chi connectivity index (χ1n) is 7.63. The third kappa shape index (κ3) is 3.42. The highest BCUT2D eigenvalue weighted by molar-refractivity contribution is 9.10. The van der Waals surface area contributed by atoms with Crippen LogP contribution < -0.4 is 0 Å². The number of hydrogen-bond acceptors (Lipinski definition) is 3. The Morgan fingerprint density at radius 1 is 1.26 bits per heavy atom. The molecular weight excluding hydrogens is 358 g/mol. The van der Waals surface area contributed by atoms with E-state index in [-0.39, 0.29) is 12.1 Å². The van der Waals surface area contributed by atoms with Gasteiger partial charge in [-0.15, -0.1) is 0 Å². The van der Waals surface area contributed by atoms with Gasteiger partial charge in [-0.3, -0.25) is 9.58 Å². The fraction of sp³-hybridized carbons (Fsp3) is 0.412. The minimum Gasteiger partial charge on any atom is -0.444 e. The SMILES string of the molecule is CC(C)(C)OC(=O)N1CCn2nc(Br)cc2C1c1ccccc1. The summed E-state index contributed by atoms with van der Waals surface area (Å²) in [5, 5.41) is 4.45. The van der Waals surface area contributed by atoms with Gasteiger partial charge in [0.2, 0.25) is 0 Å². The number of aromatic nitrogens is 2. The second-order valence-corrected chi connectivity index (χ2v) is 7.41. The van der Waals surface area contributed by atoms with Crippen LogP contribution in [0, 0.1) is 0 Å².